The Kier molecular flexibility index (Phi) is 4.18. The number of benzene rings is 2. The second-order valence-electron chi connectivity index (χ2n) is 5.86. The van der Waals surface area contributed by atoms with E-state index >= 15 is 0 Å². The van der Waals surface area contributed by atoms with E-state index in [9.17, 15) is 5.11 Å². The van der Waals surface area contributed by atoms with Gasteiger partial charge >= 0.3 is 0 Å². The lowest BCUT2D eigenvalue weighted by molar-refractivity contribution is 0.411. The fraction of sp³-hybridized carbons (Fsp3) is 0.100. The van der Waals surface area contributed by atoms with Crippen LogP contribution in [0.3, 0.4) is 0 Å². The Balaban J connectivity index is 1.62. The highest BCUT2D eigenvalue weighted by molar-refractivity contribution is 7.11. The third-order valence-electron chi connectivity index (χ3n) is 4.27. The number of aromatic nitrogens is 1. The molecule has 1 aliphatic rings. The van der Waals surface area contributed by atoms with Gasteiger partial charge in [0.25, 0.3) is 0 Å². The van der Waals surface area contributed by atoms with Crippen molar-refractivity contribution in [2.45, 2.75) is 0 Å². The first kappa shape index (κ1) is 16.4. The summed E-state index contributed by atoms with van der Waals surface area (Å²) in [4.78, 5) is 6.42. The predicted molar refractivity (Wildman–Crippen MR) is 105 cm³/mol. The molecule has 0 saturated carbocycles. The number of aliphatic hydroxyl groups is 1. The van der Waals surface area contributed by atoms with Crippen LogP contribution < -0.4 is 9.64 Å². The molecule has 0 aliphatic carbocycles. The number of nitrogens with zero attached hydrogens (tertiary/aromatic N) is 2. The second kappa shape index (κ2) is 6.65. The Hall–Kier alpha value is -3.12. The summed E-state index contributed by atoms with van der Waals surface area (Å²) in [6.45, 7) is 0.287. The largest absolute Gasteiger partial charge is 0.510 e. The maximum absolute atomic E-state index is 10.4. The topological polar surface area (TPSA) is 69.4 Å². The number of methoxy groups -OCH3 is 1. The van der Waals surface area contributed by atoms with Crippen LogP contribution in [0.25, 0.3) is 16.8 Å². The zero-order valence-corrected chi connectivity index (χ0v) is 15.0. The Bertz CT molecular complexity index is 978. The Morgan fingerprint density at radius 2 is 1.85 bits per heavy atom. The van der Waals surface area contributed by atoms with Crippen LogP contribution in [0.1, 0.15) is 5.01 Å². The van der Waals surface area contributed by atoms with Crippen LogP contribution in [0.15, 0.2) is 65.7 Å². The zero-order chi connectivity index (χ0) is 18.1. The first-order valence-corrected chi connectivity index (χ1v) is 8.99. The van der Waals surface area contributed by atoms with E-state index in [2.05, 4.69) is 4.98 Å². The highest BCUT2D eigenvalue weighted by atomic mass is 32.1. The highest BCUT2D eigenvalue weighted by Crippen LogP contribution is 2.34. The minimum atomic E-state index is 0.175. The summed E-state index contributed by atoms with van der Waals surface area (Å²) in [6.07, 6.45) is 0. The van der Waals surface area contributed by atoms with Gasteiger partial charge in [-0.1, -0.05) is 18.2 Å². The molecule has 26 heavy (non-hydrogen) atoms. The monoisotopic (exact) mass is 363 g/mol. The van der Waals surface area contributed by atoms with Crippen molar-refractivity contribution in [2.75, 3.05) is 18.6 Å². The van der Waals surface area contributed by atoms with Crippen LogP contribution in [-0.2, 0) is 0 Å². The van der Waals surface area contributed by atoms with Gasteiger partial charge < -0.3 is 14.7 Å². The zero-order valence-electron chi connectivity index (χ0n) is 14.1. The summed E-state index contributed by atoms with van der Waals surface area (Å²) in [5.41, 5.74) is 3.17. The Morgan fingerprint density at radius 1 is 1.12 bits per heavy atom. The van der Waals surface area contributed by atoms with Gasteiger partial charge in [0.2, 0.25) is 0 Å². The van der Waals surface area contributed by atoms with Crippen molar-refractivity contribution in [3.8, 4) is 17.0 Å². The van der Waals surface area contributed by atoms with E-state index in [0.29, 0.717) is 10.6 Å². The molecule has 1 aliphatic heterocycles. The SMILES string of the molecule is COc1ccc(-c2csc(C3=C(O)CN(c4ccccc4)C3=N)n2)cc1. The molecule has 3 aromatic rings. The molecule has 5 nitrogen and oxygen atoms in total. The first-order chi connectivity index (χ1) is 12.7. The van der Waals surface area contributed by atoms with E-state index in [0.717, 1.165) is 22.7 Å². The van der Waals surface area contributed by atoms with E-state index in [1.807, 2.05) is 60.0 Å². The van der Waals surface area contributed by atoms with Crippen molar-refractivity contribution in [1.29, 1.82) is 5.41 Å². The number of ether oxygens (including phenoxy) is 1. The number of nitrogens with one attached hydrogen (secondary N) is 1. The van der Waals surface area contributed by atoms with Gasteiger partial charge in [-0.3, -0.25) is 5.41 Å². The molecule has 4 rings (SSSR count). The lowest BCUT2D eigenvalue weighted by Gasteiger charge is -2.18. The third-order valence-corrected chi connectivity index (χ3v) is 5.13. The molecule has 0 radical (unpaired) electrons. The summed E-state index contributed by atoms with van der Waals surface area (Å²) < 4.78 is 5.18. The number of amidine groups is 1. The van der Waals surface area contributed by atoms with Crippen molar-refractivity contribution < 1.29 is 9.84 Å². The molecule has 0 fully saturated rings. The summed E-state index contributed by atoms with van der Waals surface area (Å²) in [5, 5.41) is 21.5. The summed E-state index contributed by atoms with van der Waals surface area (Å²) >= 11 is 1.43. The average Bonchev–Trinajstić information content (AvgIpc) is 3.27. The molecule has 0 saturated heterocycles. The van der Waals surface area contributed by atoms with Crippen LogP contribution in [0.4, 0.5) is 5.69 Å². The van der Waals surface area contributed by atoms with Crippen LogP contribution in [-0.4, -0.2) is 29.6 Å². The van der Waals surface area contributed by atoms with Crippen molar-refractivity contribution >= 4 is 28.4 Å². The molecule has 1 aromatic heterocycles. The molecular formula is C20H17N3O2S. The fourth-order valence-electron chi connectivity index (χ4n) is 2.92. The lowest BCUT2D eigenvalue weighted by Crippen LogP contribution is -2.25. The molecule has 2 N–H and O–H groups in total. The third kappa shape index (κ3) is 2.84. The van der Waals surface area contributed by atoms with Crippen molar-refractivity contribution in [3.05, 3.63) is 70.7 Å². The summed E-state index contributed by atoms with van der Waals surface area (Å²) in [5.74, 6) is 1.24. The van der Waals surface area contributed by atoms with Crippen molar-refractivity contribution in [1.82, 2.24) is 4.98 Å². The molecule has 2 heterocycles. The Morgan fingerprint density at radius 3 is 2.54 bits per heavy atom. The van der Waals surface area contributed by atoms with Crippen molar-refractivity contribution in [3.63, 3.8) is 0 Å². The quantitative estimate of drug-likeness (QED) is 0.711. The van der Waals surface area contributed by atoms with Gasteiger partial charge in [0.15, 0.2) is 0 Å². The van der Waals surface area contributed by atoms with E-state index in [1.165, 1.54) is 11.3 Å². The normalized spacial score (nSPS) is 14.2. The smallest absolute Gasteiger partial charge is 0.139 e. The molecule has 6 heteroatoms. The number of aliphatic hydroxyl groups excluding tert-OH is 1. The van der Waals surface area contributed by atoms with E-state index in [-0.39, 0.29) is 18.1 Å². The van der Waals surface area contributed by atoms with Gasteiger partial charge in [-0.15, -0.1) is 11.3 Å². The number of para-hydroxylation sites is 1. The molecule has 0 bridgehead atoms. The van der Waals surface area contributed by atoms with E-state index < -0.39 is 0 Å². The fourth-order valence-corrected chi connectivity index (χ4v) is 3.81. The molecule has 0 atom stereocenters. The standard InChI is InChI=1S/C20H17N3O2S/c1-25-15-9-7-13(8-10-15)16-12-26-20(22-16)18-17(24)11-23(19(18)21)14-5-3-2-4-6-14/h2-10,12,21,24H,11H2,1H3. The lowest BCUT2D eigenvalue weighted by atomic mass is 10.1. The number of hydrogen-bond acceptors (Lipinski definition) is 5. The van der Waals surface area contributed by atoms with Gasteiger partial charge in [0.1, 0.15) is 22.4 Å². The number of anilines is 1. The number of hydrogen-bond donors (Lipinski definition) is 2. The van der Waals surface area contributed by atoms with Crippen LogP contribution >= 0.6 is 11.3 Å². The molecule has 2 aromatic carbocycles. The van der Waals surface area contributed by atoms with Crippen LogP contribution in [0.2, 0.25) is 0 Å². The molecule has 0 spiro atoms. The van der Waals surface area contributed by atoms with E-state index in [1.54, 1.807) is 12.0 Å². The maximum Gasteiger partial charge on any atom is 0.139 e. The van der Waals surface area contributed by atoms with E-state index in [4.69, 9.17) is 10.1 Å². The summed E-state index contributed by atoms with van der Waals surface area (Å²) in [6, 6.07) is 17.3. The first-order valence-electron chi connectivity index (χ1n) is 8.11. The van der Waals surface area contributed by atoms with Crippen LogP contribution in [0.5, 0.6) is 5.75 Å². The molecule has 0 unspecified atom stereocenters. The summed E-state index contributed by atoms with van der Waals surface area (Å²) in [7, 11) is 1.63. The molecule has 130 valence electrons. The van der Waals surface area contributed by atoms with Gasteiger partial charge in [-0.25, -0.2) is 4.98 Å². The molecular weight excluding hydrogens is 346 g/mol. The minimum absolute atomic E-state index is 0.175. The maximum atomic E-state index is 10.4. The Labute approximate surface area is 155 Å². The number of thiazole rings is 1. The second-order valence-corrected chi connectivity index (χ2v) is 6.72. The molecule has 0 amide bonds. The predicted octanol–water partition coefficient (Wildman–Crippen LogP) is 4.59. The van der Waals surface area contributed by atoms with Crippen molar-refractivity contribution in [2.24, 2.45) is 0 Å². The van der Waals surface area contributed by atoms with Crippen LogP contribution in [0, 0.1) is 5.41 Å². The minimum Gasteiger partial charge on any atom is -0.510 e. The highest BCUT2D eigenvalue weighted by Gasteiger charge is 2.31. The van der Waals surface area contributed by atoms with Gasteiger partial charge in [0, 0.05) is 16.6 Å². The number of rotatable bonds is 4. The van der Waals surface area contributed by atoms with Gasteiger partial charge in [0.05, 0.1) is 24.9 Å². The van der Waals surface area contributed by atoms with Gasteiger partial charge in [-0.05, 0) is 36.4 Å². The average molecular weight is 363 g/mol. The van der Waals surface area contributed by atoms with Gasteiger partial charge in [-0.2, -0.15) is 0 Å².